The molecule has 2 rings (SSSR count). The third-order valence-electron chi connectivity index (χ3n) is 3.33. The highest BCUT2D eigenvalue weighted by Gasteiger charge is 2.22. The minimum absolute atomic E-state index is 0.0740. The van der Waals surface area contributed by atoms with Crippen LogP contribution in [0.2, 0.25) is 0 Å². The third-order valence-corrected chi connectivity index (χ3v) is 4.55. The van der Waals surface area contributed by atoms with E-state index in [1.165, 1.54) is 11.3 Å². The van der Waals surface area contributed by atoms with Crippen LogP contribution in [0.5, 0.6) is 0 Å². The highest BCUT2D eigenvalue weighted by Crippen LogP contribution is 2.25. The van der Waals surface area contributed by atoms with Crippen LogP contribution in [0.15, 0.2) is 36.5 Å². The number of carbonyl (C=O) groups is 2. The summed E-state index contributed by atoms with van der Waals surface area (Å²) in [4.78, 5) is 28.4. The molecular weight excluding hydrogens is 342 g/mol. The third kappa shape index (κ3) is 6.17. The van der Waals surface area contributed by atoms with E-state index in [-0.39, 0.29) is 6.61 Å². The smallest absolute Gasteiger partial charge is 0.405 e. The first-order valence-corrected chi connectivity index (χ1v) is 8.65. The number of aromatic nitrogens is 1. The van der Waals surface area contributed by atoms with Gasteiger partial charge in [0.05, 0.1) is 13.2 Å². The van der Waals surface area contributed by atoms with Crippen molar-refractivity contribution in [1.29, 1.82) is 0 Å². The van der Waals surface area contributed by atoms with E-state index in [0.29, 0.717) is 17.7 Å². The zero-order valence-corrected chi connectivity index (χ0v) is 14.9. The summed E-state index contributed by atoms with van der Waals surface area (Å²) in [5, 5.41) is 14.2. The van der Waals surface area contributed by atoms with Crippen molar-refractivity contribution in [2.45, 2.75) is 32.4 Å². The number of thiazole rings is 1. The molecule has 1 aromatic carbocycles. The molecule has 134 valence electrons. The van der Waals surface area contributed by atoms with Crippen molar-refractivity contribution in [2.75, 3.05) is 11.9 Å². The molecule has 0 radical (unpaired) electrons. The fraction of sp³-hybridized carbons (Fsp3) is 0.353. The van der Waals surface area contributed by atoms with Gasteiger partial charge in [-0.25, -0.2) is 9.78 Å². The van der Waals surface area contributed by atoms with Crippen LogP contribution in [0.4, 0.5) is 9.93 Å². The highest BCUT2D eigenvalue weighted by atomic mass is 32.1. The van der Waals surface area contributed by atoms with Gasteiger partial charge >= 0.3 is 6.09 Å². The number of carboxylic acid groups (broad SMARTS) is 1. The molecule has 2 amide bonds. The Morgan fingerprint density at radius 1 is 1.28 bits per heavy atom. The Bertz CT molecular complexity index is 703. The van der Waals surface area contributed by atoms with Crippen molar-refractivity contribution < 1.29 is 19.4 Å². The van der Waals surface area contributed by atoms with E-state index in [2.05, 4.69) is 15.6 Å². The van der Waals surface area contributed by atoms with Crippen LogP contribution >= 0.6 is 11.3 Å². The number of nitrogens with zero attached hydrogens (tertiary/aromatic N) is 1. The molecule has 0 saturated carbocycles. The highest BCUT2D eigenvalue weighted by molar-refractivity contribution is 7.15. The van der Waals surface area contributed by atoms with Gasteiger partial charge in [-0.3, -0.25) is 4.79 Å². The Kier molecular flexibility index (Phi) is 6.91. The molecule has 0 unspecified atom stereocenters. The number of amides is 2. The van der Waals surface area contributed by atoms with Gasteiger partial charge in [0, 0.05) is 11.1 Å². The zero-order chi connectivity index (χ0) is 18.2. The van der Waals surface area contributed by atoms with Gasteiger partial charge in [-0.05, 0) is 11.5 Å². The second-order valence-corrected chi connectivity index (χ2v) is 6.78. The van der Waals surface area contributed by atoms with Gasteiger partial charge in [-0.1, -0.05) is 44.2 Å². The van der Waals surface area contributed by atoms with Crippen molar-refractivity contribution in [2.24, 2.45) is 0 Å². The van der Waals surface area contributed by atoms with Crippen LogP contribution in [-0.4, -0.2) is 34.7 Å². The molecule has 0 saturated heterocycles. The number of hydrogen-bond acceptors (Lipinski definition) is 5. The number of rotatable bonds is 8. The zero-order valence-electron chi connectivity index (χ0n) is 14.1. The van der Waals surface area contributed by atoms with Crippen molar-refractivity contribution in [3.05, 3.63) is 47.0 Å². The second kappa shape index (κ2) is 9.14. The average Bonchev–Trinajstić information content (AvgIpc) is 3.03. The Balaban J connectivity index is 1.92. The van der Waals surface area contributed by atoms with Crippen LogP contribution in [0.3, 0.4) is 0 Å². The lowest BCUT2D eigenvalue weighted by Gasteiger charge is -2.16. The van der Waals surface area contributed by atoms with Crippen LogP contribution < -0.4 is 10.6 Å². The fourth-order valence-corrected chi connectivity index (χ4v) is 2.83. The summed E-state index contributed by atoms with van der Waals surface area (Å²) in [7, 11) is 0. The molecular formula is C17H21N3O4S. The predicted octanol–water partition coefficient (Wildman–Crippen LogP) is 3.06. The first kappa shape index (κ1) is 18.9. The summed E-state index contributed by atoms with van der Waals surface area (Å²) in [6, 6.07) is 8.42. The van der Waals surface area contributed by atoms with E-state index in [9.17, 15) is 9.59 Å². The molecule has 1 aromatic heterocycles. The van der Waals surface area contributed by atoms with E-state index < -0.39 is 18.0 Å². The largest absolute Gasteiger partial charge is 0.465 e. The monoisotopic (exact) mass is 363 g/mol. The number of nitrogens with one attached hydrogen (secondary N) is 2. The molecule has 0 aliphatic carbocycles. The summed E-state index contributed by atoms with van der Waals surface area (Å²) < 4.78 is 5.48. The Hall–Kier alpha value is -2.45. The first-order valence-electron chi connectivity index (χ1n) is 7.83. The molecule has 0 bridgehead atoms. The maximum Gasteiger partial charge on any atom is 0.405 e. The van der Waals surface area contributed by atoms with Gasteiger partial charge in [0.2, 0.25) is 0 Å². The summed E-state index contributed by atoms with van der Waals surface area (Å²) in [6.45, 7) is 4.28. The van der Waals surface area contributed by atoms with Crippen LogP contribution in [0.1, 0.15) is 30.2 Å². The standard InChI is InChI=1S/C17H21N3O4S/c1-11(2)14-8-18-16(25-14)20-15(21)13(19-17(22)23)10-24-9-12-6-4-3-5-7-12/h3-8,11,13,19H,9-10H2,1-2H3,(H,22,23)(H,18,20,21)/t13-/m0/s1. The maximum atomic E-state index is 12.3. The van der Waals surface area contributed by atoms with Crippen LogP contribution in [0, 0.1) is 0 Å². The summed E-state index contributed by atoms with van der Waals surface area (Å²) in [5.74, 6) is -0.189. The molecule has 0 aliphatic rings. The van der Waals surface area contributed by atoms with E-state index in [0.717, 1.165) is 10.4 Å². The molecule has 1 atom stereocenters. The quantitative estimate of drug-likeness (QED) is 0.669. The molecule has 25 heavy (non-hydrogen) atoms. The molecule has 3 N–H and O–H groups in total. The lowest BCUT2D eigenvalue weighted by Crippen LogP contribution is -2.46. The first-order chi connectivity index (χ1) is 12.0. The van der Waals surface area contributed by atoms with E-state index >= 15 is 0 Å². The lowest BCUT2D eigenvalue weighted by atomic mass is 10.2. The van der Waals surface area contributed by atoms with Crippen molar-refractivity contribution >= 4 is 28.5 Å². The summed E-state index contributed by atoms with van der Waals surface area (Å²) >= 11 is 1.37. The molecule has 0 spiro atoms. The number of ether oxygens (including phenoxy) is 1. The van der Waals surface area contributed by atoms with Gasteiger partial charge < -0.3 is 20.5 Å². The van der Waals surface area contributed by atoms with Crippen molar-refractivity contribution in [1.82, 2.24) is 10.3 Å². The number of carbonyl (C=O) groups excluding carboxylic acids is 1. The number of anilines is 1. The van der Waals surface area contributed by atoms with Gasteiger partial charge in [0.15, 0.2) is 5.13 Å². The SMILES string of the molecule is CC(C)c1cnc(NC(=O)[C@H](COCc2ccccc2)NC(=O)O)s1. The van der Waals surface area contributed by atoms with Crippen molar-refractivity contribution in [3.63, 3.8) is 0 Å². The average molecular weight is 363 g/mol. The van der Waals surface area contributed by atoms with E-state index in [4.69, 9.17) is 9.84 Å². The molecule has 7 nitrogen and oxygen atoms in total. The Morgan fingerprint density at radius 2 is 2.00 bits per heavy atom. The van der Waals surface area contributed by atoms with Gasteiger partial charge in [-0.15, -0.1) is 11.3 Å². The van der Waals surface area contributed by atoms with Gasteiger partial charge in [-0.2, -0.15) is 0 Å². The topological polar surface area (TPSA) is 101 Å². The summed E-state index contributed by atoms with van der Waals surface area (Å²) in [5.41, 5.74) is 0.943. The van der Waals surface area contributed by atoms with Crippen LogP contribution in [-0.2, 0) is 16.1 Å². The van der Waals surface area contributed by atoms with E-state index in [1.54, 1.807) is 6.20 Å². The van der Waals surface area contributed by atoms with E-state index in [1.807, 2.05) is 44.2 Å². The molecule has 1 heterocycles. The second-order valence-electron chi connectivity index (χ2n) is 5.71. The van der Waals surface area contributed by atoms with Crippen molar-refractivity contribution in [3.8, 4) is 0 Å². The van der Waals surface area contributed by atoms with Gasteiger partial charge in [0.1, 0.15) is 6.04 Å². The number of benzene rings is 1. The lowest BCUT2D eigenvalue weighted by molar-refractivity contribution is -0.119. The van der Waals surface area contributed by atoms with Crippen LogP contribution in [0.25, 0.3) is 0 Å². The minimum Gasteiger partial charge on any atom is -0.465 e. The Morgan fingerprint density at radius 3 is 2.60 bits per heavy atom. The molecule has 0 aliphatic heterocycles. The minimum atomic E-state index is -1.29. The molecule has 2 aromatic rings. The number of hydrogen-bond donors (Lipinski definition) is 3. The maximum absolute atomic E-state index is 12.3. The predicted molar refractivity (Wildman–Crippen MR) is 95.9 cm³/mol. The Labute approximate surface area is 150 Å². The summed E-state index contributed by atoms with van der Waals surface area (Å²) in [6.07, 6.45) is 0.418. The normalized spacial score (nSPS) is 12.0. The molecule has 0 fully saturated rings. The van der Waals surface area contributed by atoms with Gasteiger partial charge in [0.25, 0.3) is 5.91 Å². The molecule has 8 heteroatoms. The fourth-order valence-electron chi connectivity index (χ4n) is 2.00.